The Morgan fingerprint density at radius 1 is 1.26 bits per heavy atom. The number of hydrogen-bond donors (Lipinski definition) is 1. The first-order valence-corrected chi connectivity index (χ1v) is 9.84. The molecule has 0 saturated carbocycles. The number of piperidine rings is 1. The number of halogens is 2. The summed E-state index contributed by atoms with van der Waals surface area (Å²) in [5.41, 5.74) is 0.705. The minimum absolute atomic E-state index is 0.0900. The number of benzene rings is 1. The first-order valence-electron chi connectivity index (χ1n) is 9.08. The van der Waals surface area contributed by atoms with E-state index in [1.165, 1.54) is 12.6 Å². The van der Waals surface area contributed by atoms with Crippen LogP contribution in [0.3, 0.4) is 0 Å². The molecular weight excluding hydrogens is 385 g/mol. The van der Waals surface area contributed by atoms with Crippen LogP contribution < -0.4 is 10.1 Å². The molecule has 2 atom stereocenters. The molecule has 7 heteroatoms. The van der Waals surface area contributed by atoms with Crippen LogP contribution >= 0.6 is 23.2 Å². The predicted molar refractivity (Wildman–Crippen MR) is 109 cm³/mol. The summed E-state index contributed by atoms with van der Waals surface area (Å²) in [5, 5.41) is 3.95. The minimum Gasteiger partial charge on any atom is -0.435 e. The highest BCUT2D eigenvalue weighted by Gasteiger charge is 2.28. The number of nitrogens with one attached hydrogen (secondary N) is 1. The van der Waals surface area contributed by atoms with E-state index in [0.29, 0.717) is 21.5 Å². The van der Waals surface area contributed by atoms with Crippen molar-refractivity contribution in [2.75, 3.05) is 11.9 Å². The second-order valence-electron chi connectivity index (χ2n) is 6.82. The summed E-state index contributed by atoms with van der Waals surface area (Å²) < 4.78 is 5.83. The number of nitrogens with zero attached hydrogens (tertiary/aromatic N) is 2. The molecule has 2 heterocycles. The lowest BCUT2D eigenvalue weighted by atomic mass is 9.97. The molecule has 0 aliphatic carbocycles. The van der Waals surface area contributed by atoms with Crippen LogP contribution in [0.5, 0.6) is 11.6 Å². The van der Waals surface area contributed by atoms with E-state index in [9.17, 15) is 4.79 Å². The molecule has 144 valence electrons. The zero-order valence-electron chi connectivity index (χ0n) is 15.4. The molecule has 1 amide bonds. The number of likely N-dealkylation sites (tertiary alicyclic amines) is 1. The number of rotatable bonds is 5. The van der Waals surface area contributed by atoms with Crippen molar-refractivity contribution >= 4 is 34.8 Å². The number of para-hydroxylation sites is 2. The second-order valence-corrected chi connectivity index (χ2v) is 7.67. The molecule has 1 aliphatic rings. The summed E-state index contributed by atoms with van der Waals surface area (Å²) in [6.07, 6.45) is 4.75. The summed E-state index contributed by atoms with van der Waals surface area (Å²) in [6, 6.07) is 9.49. The van der Waals surface area contributed by atoms with E-state index >= 15 is 0 Å². The first kappa shape index (κ1) is 19.8. The summed E-state index contributed by atoms with van der Waals surface area (Å²) in [6.45, 7) is 4.43. The van der Waals surface area contributed by atoms with Gasteiger partial charge in [-0.3, -0.25) is 4.79 Å². The molecule has 2 aromatic rings. The van der Waals surface area contributed by atoms with Crippen molar-refractivity contribution in [1.82, 2.24) is 9.88 Å². The Kier molecular flexibility index (Phi) is 6.45. The van der Waals surface area contributed by atoms with Gasteiger partial charge in [-0.05, 0) is 51.3 Å². The van der Waals surface area contributed by atoms with Crippen molar-refractivity contribution in [3.8, 4) is 11.6 Å². The molecule has 0 unspecified atom stereocenters. The van der Waals surface area contributed by atoms with Crippen LogP contribution in [0.15, 0.2) is 36.5 Å². The standard InChI is InChI=1S/C20H23Cl2N3O2/c1-13-6-5-7-14(2)25(13)19(26)12-23-17-8-3-4-9-18(17)27-20-16(22)10-15(21)11-24-20/h3-4,8-11,13-14,23H,5-7,12H2,1-2H3/t13-,14-/m1/s1. The Morgan fingerprint density at radius 2 is 1.96 bits per heavy atom. The number of hydrogen-bond acceptors (Lipinski definition) is 4. The number of carbonyl (C=O) groups excluding carboxylic acids is 1. The topological polar surface area (TPSA) is 54.5 Å². The van der Waals surface area contributed by atoms with Crippen LogP contribution in [0.4, 0.5) is 5.69 Å². The Balaban J connectivity index is 1.70. The van der Waals surface area contributed by atoms with E-state index < -0.39 is 0 Å². The van der Waals surface area contributed by atoms with E-state index in [0.717, 1.165) is 12.8 Å². The summed E-state index contributed by atoms with van der Waals surface area (Å²) >= 11 is 12.0. The van der Waals surface area contributed by atoms with E-state index in [1.54, 1.807) is 12.1 Å². The largest absolute Gasteiger partial charge is 0.435 e. The molecule has 3 rings (SSSR count). The van der Waals surface area contributed by atoms with Crippen molar-refractivity contribution in [2.24, 2.45) is 0 Å². The van der Waals surface area contributed by atoms with Crippen molar-refractivity contribution < 1.29 is 9.53 Å². The number of pyridine rings is 1. The Hall–Kier alpha value is -1.98. The Bertz CT molecular complexity index is 806. The minimum atomic E-state index is 0.0900. The van der Waals surface area contributed by atoms with Gasteiger partial charge in [0.15, 0.2) is 5.75 Å². The lowest BCUT2D eigenvalue weighted by Crippen LogP contribution is -2.49. The summed E-state index contributed by atoms with van der Waals surface area (Å²) in [4.78, 5) is 18.8. The normalized spacial score (nSPS) is 19.6. The van der Waals surface area contributed by atoms with Crippen molar-refractivity contribution in [3.05, 3.63) is 46.6 Å². The number of carbonyl (C=O) groups is 1. The third-order valence-corrected chi connectivity index (χ3v) is 5.26. The van der Waals surface area contributed by atoms with Gasteiger partial charge < -0.3 is 15.0 Å². The Labute approximate surface area is 169 Å². The van der Waals surface area contributed by atoms with Gasteiger partial charge in [0, 0.05) is 18.3 Å². The monoisotopic (exact) mass is 407 g/mol. The fourth-order valence-electron chi connectivity index (χ4n) is 3.46. The number of amides is 1. The van der Waals surface area contributed by atoms with Crippen LogP contribution in [0.25, 0.3) is 0 Å². The highest BCUT2D eigenvalue weighted by Crippen LogP contribution is 2.33. The van der Waals surface area contributed by atoms with Gasteiger partial charge >= 0.3 is 0 Å². The fourth-order valence-corrected chi connectivity index (χ4v) is 3.88. The molecule has 1 saturated heterocycles. The SMILES string of the molecule is C[C@@H]1CCC[C@@H](C)N1C(=O)CNc1ccccc1Oc1ncc(Cl)cc1Cl. The molecule has 5 nitrogen and oxygen atoms in total. The summed E-state index contributed by atoms with van der Waals surface area (Å²) in [5.74, 6) is 0.897. The van der Waals surface area contributed by atoms with Gasteiger partial charge in [0.2, 0.25) is 11.8 Å². The molecule has 1 aliphatic heterocycles. The maximum Gasteiger partial charge on any atom is 0.242 e. The van der Waals surface area contributed by atoms with E-state index in [4.69, 9.17) is 27.9 Å². The van der Waals surface area contributed by atoms with E-state index in [1.807, 2.05) is 23.1 Å². The predicted octanol–water partition coefficient (Wildman–Crippen LogP) is 5.38. The van der Waals surface area contributed by atoms with Gasteiger partial charge in [0.05, 0.1) is 17.3 Å². The van der Waals surface area contributed by atoms with E-state index in [2.05, 4.69) is 24.1 Å². The van der Waals surface area contributed by atoms with Crippen LogP contribution in [-0.2, 0) is 4.79 Å². The highest BCUT2D eigenvalue weighted by molar-refractivity contribution is 6.35. The second kappa shape index (κ2) is 8.81. The molecular formula is C20H23Cl2N3O2. The third-order valence-electron chi connectivity index (χ3n) is 4.78. The summed E-state index contributed by atoms with van der Waals surface area (Å²) in [7, 11) is 0. The molecule has 1 N–H and O–H groups in total. The van der Waals surface area contributed by atoms with E-state index in [-0.39, 0.29) is 30.4 Å². The molecule has 27 heavy (non-hydrogen) atoms. The molecule has 0 radical (unpaired) electrons. The maximum absolute atomic E-state index is 12.7. The lowest BCUT2D eigenvalue weighted by molar-refractivity contribution is -0.135. The van der Waals surface area contributed by atoms with Crippen LogP contribution in [0.1, 0.15) is 33.1 Å². The third kappa shape index (κ3) is 4.85. The van der Waals surface area contributed by atoms with Gasteiger partial charge in [-0.25, -0.2) is 4.98 Å². The van der Waals surface area contributed by atoms with Crippen molar-refractivity contribution in [1.29, 1.82) is 0 Å². The fraction of sp³-hybridized carbons (Fsp3) is 0.400. The van der Waals surface area contributed by atoms with Gasteiger partial charge in [0.25, 0.3) is 0 Å². The molecule has 0 spiro atoms. The van der Waals surface area contributed by atoms with Crippen LogP contribution in [-0.4, -0.2) is 34.4 Å². The van der Waals surface area contributed by atoms with Gasteiger partial charge in [-0.2, -0.15) is 0 Å². The Morgan fingerprint density at radius 3 is 2.67 bits per heavy atom. The average Bonchev–Trinajstić information content (AvgIpc) is 2.63. The smallest absolute Gasteiger partial charge is 0.242 e. The average molecular weight is 408 g/mol. The molecule has 1 aromatic carbocycles. The zero-order valence-corrected chi connectivity index (χ0v) is 16.9. The van der Waals surface area contributed by atoms with Gasteiger partial charge in [0.1, 0.15) is 5.02 Å². The highest BCUT2D eigenvalue weighted by atomic mass is 35.5. The zero-order chi connectivity index (χ0) is 19.4. The van der Waals surface area contributed by atoms with Crippen molar-refractivity contribution in [2.45, 2.75) is 45.2 Å². The van der Waals surface area contributed by atoms with Gasteiger partial charge in [-0.15, -0.1) is 0 Å². The van der Waals surface area contributed by atoms with Crippen LogP contribution in [0.2, 0.25) is 10.0 Å². The first-order chi connectivity index (χ1) is 13.0. The van der Waals surface area contributed by atoms with Gasteiger partial charge in [-0.1, -0.05) is 35.3 Å². The lowest BCUT2D eigenvalue weighted by Gasteiger charge is -2.39. The quantitative estimate of drug-likeness (QED) is 0.722. The number of ether oxygens (including phenoxy) is 1. The molecule has 0 bridgehead atoms. The van der Waals surface area contributed by atoms with Crippen LogP contribution in [0, 0.1) is 0 Å². The number of aromatic nitrogens is 1. The molecule has 1 aromatic heterocycles. The maximum atomic E-state index is 12.7. The number of anilines is 1. The molecule has 1 fully saturated rings. The van der Waals surface area contributed by atoms with Crippen molar-refractivity contribution in [3.63, 3.8) is 0 Å².